The summed E-state index contributed by atoms with van der Waals surface area (Å²) in [5.41, 5.74) is 0.364. The molecule has 1 fully saturated rings. The summed E-state index contributed by atoms with van der Waals surface area (Å²) in [5, 5.41) is 4.52. The Balaban J connectivity index is 1.73. The largest absolute Gasteiger partial charge is 0.492 e. The number of ketones is 1. The Hall–Kier alpha value is -2.23. The lowest BCUT2D eigenvalue weighted by atomic mass is 10.2. The Morgan fingerprint density at radius 2 is 1.90 bits per heavy atom. The van der Waals surface area contributed by atoms with Gasteiger partial charge in [-0.15, -0.1) is 11.3 Å². The van der Waals surface area contributed by atoms with Crippen LogP contribution < -0.4 is 10.1 Å². The molecule has 0 bridgehead atoms. The Kier molecular flexibility index (Phi) is 7.63. The predicted molar refractivity (Wildman–Crippen MR) is 117 cm³/mol. The molecule has 0 saturated carbocycles. The lowest BCUT2D eigenvalue weighted by Crippen LogP contribution is -2.35. The van der Waals surface area contributed by atoms with Gasteiger partial charge in [0.15, 0.2) is 5.78 Å². The van der Waals surface area contributed by atoms with Crippen molar-refractivity contribution in [2.24, 2.45) is 0 Å². The number of hydrogen-bond acceptors (Lipinski definition) is 6. The summed E-state index contributed by atoms with van der Waals surface area (Å²) >= 11 is 1.34. The van der Waals surface area contributed by atoms with Crippen LogP contribution in [0.15, 0.2) is 40.6 Å². The summed E-state index contributed by atoms with van der Waals surface area (Å²) in [5.74, 6) is -0.153. The van der Waals surface area contributed by atoms with Crippen molar-refractivity contribution in [3.63, 3.8) is 0 Å². The third kappa shape index (κ3) is 5.47. The molecule has 9 heteroatoms. The summed E-state index contributed by atoms with van der Waals surface area (Å²) < 4.78 is 33.3. The van der Waals surface area contributed by atoms with Crippen LogP contribution in [0.2, 0.25) is 0 Å². The van der Waals surface area contributed by atoms with E-state index in [1.54, 1.807) is 31.2 Å². The van der Waals surface area contributed by atoms with Crippen LogP contribution in [0.1, 0.15) is 48.7 Å². The number of carbonyl (C=O) groups excluding carboxylic acids is 2. The number of amides is 1. The predicted octanol–water partition coefficient (Wildman–Crippen LogP) is 3.92. The number of nitrogens with zero attached hydrogens (tertiary/aromatic N) is 1. The van der Waals surface area contributed by atoms with Crippen LogP contribution in [0, 0.1) is 0 Å². The molecule has 0 aliphatic carbocycles. The van der Waals surface area contributed by atoms with Gasteiger partial charge >= 0.3 is 0 Å². The quantitative estimate of drug-likeness (QED) is 0.585. The zero-order valence-electron chi connectivity index (χ0n) is 16.9. The number of anilines is 1. The van der Waals surface area contributed by atoms with Gasteiger partial charge in [-0.1, -0.05) is 12.5 Å². The van der Waals surface area contributed by atoms with Crippen molar-refractivity contribution in [2.75, 3.05) is 25.0 Å². The molecule has 0 unspecified atom stereocenters. The van der Waals surface area contributed by atoms with E-state index in [-0.39, 0.29) is 35.2 Å². The highest BCUT2D eigenvalue weighted by Crippen LogP contribution is 2.31. The molecule has 1 aliphatic heterocycles. The maximum absolute atomic E-state index is 13.2. The average Bonchev–Trinajstić information content (AvgIpc) is 3.29. The van der Waals surface area contributed by atoms with Crippen LogP contribution in [-0.4, -0.2) is 44.1 Å². The Labute approximate surface area is 181 Å². The van der Waals surface area contributed by atoms with Gasteiger partial charge in [0.05, 0.1) is 11.5 Å². The molecule has 1 aromatic carbocycles. The van der Waals surface area contributed by atoms with Gasteiger partial charge in [-0.05, 0) is 49.4 Å². The minimum Gasteiger partial charge on any atom is -0.492 e. The molecule has 3 rings (SSSR count). The lowest BCUT2D eigenvalue weighted by Gasteiger charge is -2.27. The Bertz CT molecular complexity index is 981. The maximum atomic E-state index is 13.2. The van der Waals surface area contributed by atoms with Crippen LogP contribution in [0.4, 0.5) is 5.69 Å². The number of hydrogen-bond donors (Lipinski definition) is 1. The van der Waals surface area contributed by atoms with Gasteiger partial charge in [0, 0.05) is 31.6 Å². The second-order valence-electron chi connectivity index (χ2n) is 7.01. The molecule has 1 aliphatic rings. The van der Waals surface area contributed by atoms with Crippen molar-refractivity contribution in [3.05, 3.63) is 40.6 Å². The fourth-order valence-electron chi connectivity index (χ4n) is 3.32. The first-order valence-corrected chi connectivity index (χ1v) is 12.4. The number of thiophene rings is 1. The minimum atomic E-state index is -3.72. The first-order valence-electron chi connectivity index (χ1n) is 10.1. The molecule has 0 atom stereocenters. The monoisotopic (exact) mass is 450 g/mol. The number of piperidine rings is 1. The van der Waals surface area contributed by atoms with Crippen molar-refractivity contribution in [3.8, 4) is 5.75 Å². The van der Waals surface area contributed by atoms with Crippen LogP contribution in [0.25, 0.3) is 0 Å². The normalized spacial score (nSPS) is 15.0. The highest BCUT2D eigenvalue weighted by molar-refractivity contribution is 7.89. The van der Waals surface area contributed by atoms with Crippen molar-refractivity contribution in [1.82, 2.24) is 4.31 Å². The van der Waals surface area contributed by atoms with E-state index in [0.29, 0.717) is 30.3 Å². The van der Waals surface area contributed by atoms with E-state index in [4.69, 9.17) is 4.74 Å². The highest BCUT2D eigenvalue weighted by Gasteiger charge is 2.29. The summed E-state index contributed by atoms with van der Waals surface area (Å²) in [6.45, 7) is 3.08. The van der Waals surface area contributed by atoms with E-state index in [1.807, 2.05) is 5.38 Å². The molecular formula is C21H26N2O5S2. The van der Waals surface area contributed by atoms with Gasteiger partial charge in [0.25, 0.3) is 0 Å². The summed E-state index contributed by atoms with van der Waals surface area (Å²) in [6, 6.07) is 8.14. The van der Waals surface area contributed by atoms with Gasteiger partial charge in [-0.2, -0.15) is 4.31 Å². The fraction of sp³-hybridized carbons (Fsp3) is 0.429. The van der Waals surface area contributed by atoms with Crippen LogP contribution in [-0.2, 0) is 14.8 Å². The number of rotatable bonds is 9. The standard InChI is InChI=1S/C21H26N2O5S2/c1-2-28-18-10-8-16(15-20(18)30(26,27)23-12-4-3-5-13-23)22-21(25)11-9-17(24)19-7-6-14-29-19/h6-8,10,14-15H,2-5,9,11-13H2,1H3,(H,22,25). The number of sulfonamides is 1. The molecule has 1 amide bonds. The van der Waals surface area contributed by atoms with Gasteiger partial charge in [-0.25, -0.2) is 8.42 Å². The van der Waals surface area contributed by atoms with Gasteiger partial charge < -0.3 is 10.1 Å². The van der Waals surface area contributed by atoms with Gasteiger partial charge in [-0.3, -0.25) is 9.59 Å². The van der Waals surface area contributed by atoms with Crippen molar-refractivity contribution in [2.45, 2.75) is 43.9 Å². The minimum absolute atomic E-state index is 0.0259. The van der Waals surface area contributed by atoms with Crippen LogP contribution >= 0.6 is 11.3 Å². The van der Waals surface area contributed by atoms with Crippen molar-refractivity contribution in [1.29, 1.82) is 0 Å². The fourth-order valence-corrected chi connectivity index (χ4v) is 5.69. The smallest absolute Gasteiger partial charge is 0.246 e. The number of Topliss-reactive ketones (excluding diaryl/α,β-unsaturated/α-hetero) is 1. The maximum Gasteiger partial charge on any atom is 0.246 e. The molecule has 0 spiro atoms. The zero-order valence-corrected chi connectivity index (χ0v) is 18.6. The molecule has 7 nitrogen and oxygen atoms in total. The van der Waals surface area contributed by atoms with E-state index >= 15 is 0 Å². The van der Waals surface area contributed by atoms with E-state index in [0.717, 1.165) is 19.3 Å². The average molecular weight is 451 g/mol. The number of carbonyl (C=O) groups is 2. The van der Waals surface area contributed by atoms with Crippen LogP contribution in [0.5, 0.6) is 5.75 Å². The number of ether oxygens (including phenoxy) is 1. The molecule has 1 N–H and O–H groups in total. The molecule has 1 aromatic heterocycles. The molecule has 30 heavy (non-hydrogen) atoms. The second kappa shape index (κ2) is 10.2. The van der Waals surface area contributed by atoms with Gasteiger partial charge in [0.1, 0.15) is 10.6 Å². The molecule has 0 radical (unpaired) electrons. The molecule has 2 heterocycles. The Morgan fingerprint density at radius 3 is 2.57 bits per heavy atom. The topological polar surface area (TPSA) is 92.8 Å². The van der Waals surface area contributed by atoms with Gasteiger partial charge in [0.2, 0.25) is 15.9 Å². The summed E-state index contributed by atoms with van der Waals surface area (Å²) in [4.78, 5) is 25.1. The number of benzene rings is 1. The first-order chi connectivity index (χ1) is 14.4. The van der Waals surface area contributed by atoms with Crippen molar-refractivity contribution < 1.29 is 22.7 Å². The molecule has 1 saturated heterocycles. The second-order valence-corrected chi connectivity index (χ2v) is 9.86. The zero-order chi connectivity index (χ0) is 21.6. The Morgan fingerprint density at radius 1 is 1.13 bits per heavy atom. The molecule has 162 valence electrons. The van der Waals surface area contributed by atoms with Crippen molar-refractivity contribution >= 4 is 38.7 Å². The number of nitrogens with one attached hydrogen (secondary N) is 1. The first kappa shape index (κ1) is 22.5. The molecule has 2 aromatic rings. The third-order valence-corrected chi connectivity index (χ3v) is 7.67. The van der Waals surface area contributed by atoms with E-state index in [9.17, 15) is 18.0 Å². The SMILES string of the molecule is CCOc1ccc(NC(=O)CCC(=O)c2cccs2)cc1S(=O)(=O)N1CCCCC1. The van der Waals surface area contributed by atoms with E-state index in [2.05, 4.69) is 5.32 Å². The lowest BCUT2D eigenvalue weighted by molar-refractivity contribution is -0.116. The third-order valence-electron chi connectivity index (χ3n) is 4.84. The highest BCUT2D eigenvalue weighted by atomic mass is 32.2. The van der Waals surface area contributed by atoms with E-state index in [1.165, 1.54) is 21.7 Å². The summed E-state index contributed by atoms with van der Waals surface area (Å²) in [7, 11) is -3.72. The van der Waals surface area contributed by atoms with E-state index < -0.39 is 10.0 Å². The van der Waals surface area contributed by atoms with Crippen LogP contribution in [0.3, 0.4) is 0 Å². The molecular weight excluding hydrogens is 424 g/mol. The summed E-state index contributed by atoms with van der Waals surface area (Å²) in [6.07, 6.45) is 2.81.